The molecule has 0 saturated carbocycles. The highest BCUT2D eigenvalue weighted by Gasteiger charge is 2.09. The van der Waals surface area contributed by atoms with Crippen LogP contribution in [0.3, 0.4) is 0 Å². The van der Waals surface area contributed by atoms with Crippen molar-refractivity contribution in [3.63, 3.8) is 0 Å². The second-order valence-electron chi connectivity index (χ2n) is 2.77. The zero-order valence-corrected chi connectivity index (χ0v) is 6.82. The van der Waals surface area contributed by atoms with E-state index in [2.05, 4.69) is 26.6 Å². The predicted octanol–water partition coefficient (Wildman–Crippen LogP) is -0.314. The quantitative estimate of drug-likeness (QED) is 0.616. The summed E-state index contributed by atoms with van der Waals surface area (Å²) in [5.74, 6) is 0. The number of nitrogens with one attached hydrogen (secondary N) is 1. The number of rotatable bonds is 1. The van der Waals surface area contributed by atoms with Gasteiger partial charge in [0.25, 0.3) is 0 Å². The maximum absolute atomic E-state index is 3.72. The SMILES string of the molecule is [c]1nnccc1N1CCNCC1. The summed E-state index contributed by atoms with van der Waals surface area (Å²) in [5.41, 5.74) is 1.05. The van der Waals surface area contributed by atoms with Crippen LogP contribution in [0, 0.1) is 6.20 Å². The summed E-state index contributed by atoms with van der Waals surface area (Å²) in [6, 6.07) is 1.94. The smallest absolute Gasteiger partial charge is 0.139 e. The van der Waals surface area contributed by atoms with E-state index in [1.807, 2.05) is 6.07 Å². The van der Waals surface area contributed by atoms with Crippen LogP contribution in [0.4, 0.5) is 5.69 Å². The highest BCUT2D eigenvalue weighted by Crippen LogP contribution is 2.09. The van der Waals surface area contributed by atoms with Crippen LogP contribution in [-0.4, -0.2) is 36.4 Å². The van der Waals surface area contributed by atoms with Crippen molar-refractivity contribution in [1.29, 1.82) is 0 Å². The van der Waals surface area contributed by atoms with Crippen LogP contribution in [-0.2, 0) is 0 Å². The highest BCUT2D eigenvalue weighted by atomic mass is 15.2. The van der Waals surface area contributed by atoms with Crippen LogP contribution in [0.1, 0.15) is 0 Å². The lowest BCUT2D eigenvalue weighted by atomic mass is 10.3. The molecule has 2 heterocycles. The normalized spacial score (nSPS) is 17.8. The molecule has 1 saturated heterocycles. The van der Waals surface area contributed by atoms with Gasteiger partial charge in [-0.25, -0.2) is 0 Å². The molecule has 1 aliphatic rings. The molecule has 0 aromatic carbocycles. The lowest BCUT2D eigenvalue weighted by Crippen LogP contribution is -2.43. The van der Waals surface area contributed by atoms with Crippen LogP contribution in [0.5, 0.6) is 0 Å². The van der Waals surface area contributed by atoms with Crippen molar-refractivity contribution in [1.82, 2.24) is 15.5 Å². The Balaban J connectivity index is 2.08. The molecule has 2 rings (SSSR count). The first kappa shape index (κ1) is 7.49. The fourth-order valence-electron chi connectivity index (χ4n) is 1.34. The van der Waals surface area contributed by atoms with E-state index in [4.69, 9.17) is 0 Å². The average Bonchev–Trinajstić information content (AvgIpc) is 2.21. The van der Waals surface area contributed by atoms with Gasteiger partial charge in [0, 0.05) is 26.2 Å². The van der Waals surface area contributed by atoms with Crippen molar-refractivity contribution in [2.24, 2.45) is 0 Å². The van der Waals surface area contributed by atoms with E-state index in [-0.39, 0.29) is 0 Å². The summed E-state index contributed by atoms with van der Waals surface area (Å²) in [4.78, 5) is 2.26. The van der Waals surface area contributed by atoms with Gasteiger partial charge in [-0.05, 0) is 6.07 Å². The standard InChI is InChI=1S/C8H11N4/c1-2-10-11-7-8(1)12-5-3-9-4-6-12/h1-2,9H,3-6H2. The molecule has 0 aliphatic carbocycles. The van der Waals surface area contributed by atoms with Crippen molar-refractivity contribution in [2.45, 2.75) is 0 Å². The molecule has 1 radical (unpaired) electrons. The molecule has 0 spiro atoms. The van der Waals surface area contributed by atoms with E-state index in [1.54, 1.807) is 6.20 Å². The van der Waals surface area contributed by atoms with Gasteiger partial charge in [-0.1, -0.05) is 0 Å². The van der Waals surface area contributed by atoms with E-state index in [0.717, 1.165) is 31.9 Å². The Hall–Kier alpha value is -1.16. The topological polar surface area (TPSA) is 41.1 Å². The third-order valence-electron chi connectivity index (χ3n) is 1.98. The van der Waals surface area contributed by atoms with Crippen LogP contribution >= 0.6 is 0 Å². The van der Waals surface area contributed by atoms with Gasteiger partial charge in [-0.3, -0.25) is 0 Å². The molecule has 1 N–H and O–H groups in total. The van der Waals surface area contributed by atoms with Crippen LogP contribution in [0.15, 0.2) is 12.3 Å². The molecule has 4 heteroatoms. The van der Waals surface area contributed by atoms with Crippen molar-refractivity contribution in [2.75, 3.05) is 31.1 Å². The fourth-order valence-corrected chi connectivity index (χ4v) is 1.34. The third kappa shape index (κ3) is 1.53. The predicted molar refractivity (Wildman–Crippen MR) is 46.0 cm³/mol. The van der Waals surface area contributed by atoms with Crippen LogP contribution in [0.25, 0.3) is 0 Å². The van der Waals surface area contributed by atoms with Crippen molar-refractivity contribution in [3.05, 3.63) is 18.5 Å². The van der Waals surface area contributed by atoms with E-state index >= 15 is 0 Å². The summed E-state index contributed by atoms with van der Waals surface area (Å²) in [7, 11) is 0. The maximum atomic E-state index is 3.72. The fraction of sp³-hybridized carbons (Fsp3) is 0.500. The Morgan fingerprint density at radius 3 is 2.92 bits per heavy atom. The Morgan fingerprint density at radius 2 is 2.25 bits per heavy atom. The summed E-state index contributed by atoms with van der Waals surface area (Å²) in [6.07, 6.45) is 4.58. The van der Waals surface area contributed by atoms with Gasteiger partial charge in [0.2, 0.25) is 0 Å². The van der Waals surface area contributed by atoms with E-state index in [9.17, 15) is 0 Å². The lowest BCUT2D eigenvalue weighted by molar-refractivity contribution is 0.588. The molecule has 0 bridgehead atoms. The number of hydrogen-bond acceptors (Lipinski definition) is 4. The maximum Gasteiger partial charge on any atom is 0.139 e. The number of nitrogens with zero attached hydrogens (tertiary/aromatic N) is 3. The van der Waals surface area contributed by atoms with E-state index < -0.39 is 0 Å². The molecule has 1 aromatic rings. The molecule has 4 nitrogen and oxygen atoms in total. The first-order valence-electron chi connectivity index (χ1n) is 4.12. The minimum absolute atomic E-state index is 1.03. The summed E-state index contributed by atoms with van der Waals surface area (Å²) >= 11 is 0. The Kier molecular flexibility index (Phi) is 2.18. The lowest BCUT2D eigenvalue weighted by Gasteiger charge is -2.28. The number of piperazine rings is 1. The summed E-state index contributed by atoms with van der Waals surface area (Å²) in [6.45, 7) is 4.14. The van der Waals surface area contributed by atoms with Crippen molar-refractivity contribution < 1.29 is 0 Å². The van der Waals surface area contributed by atoms with E-state index in [0.29, 0.717) is 0 Å². The van der Waals surface area contributed by atoms with Gasteiger partial charge in [0.15, 0.2) is 0 Å². The van der Waals surface area contributed by atoms with Crippen LogP contribution < -0.4 is 10.2 Å². The van der Waals surface area contributed by atoms with Crippen molar-refractivity contribution in [3.8, 4) is 0 Å². The van der Waals surface area contributed by atoms with E-state index in [1.165, 1.54) is 0 Å². The number of anilines is 1. The zero-order chi connectivity index (χ0) is 8.23. The van der Waals surface area contributed by atoms with Gasteiger partial charge in [-0.2, -0.15) is 5.10 Å². The second kappa shape index (κ2) is 3.49. The molecule has 1 aromatic heterocycles. The molecule has 0 unspecified atom stereocenters. The largest absolute Gasteiger partial charge is 0.367 e. The van der Waals surface area contributed by atoms with Crippen molar-refractivity contribution >= 4 is 5.69 Å². The minimum atomic E-state index is 1.03. The molecular formula is C8H11N4. The van der Waals surface area contributed by atoms with Gasteiger partial charge in [0.1, 0.15) is 6.20 Å². The zero-order valence-electron chi connectivity index (χ0n) is 6.82. The third-order valence-corrected chi connectivity index (χ3v) is 1.98. The van der Waals surface area contributed by atoms with Crippen LogP contribution in [0.2, 0.25) is 0 Å². The molecular weight excluding hydrogens is 152 g/mol. The molecule has 1 aliphatic heterocycles. The summed E-state index contributed by atoms with van der Waals surface area (Å²) < 4.78 is 0. The van der Waals surface area contributed by atoms with Gasteiger partial charge < -0.3 is 10.2 Å². The molecule has 0 amide bonds. The van der Waals surface area contributed by atoms with Gasteiger partial charge >= 0.3 is 0 Å². The highest BCUT2D eigenvalue weighted by molar-refractivity contribution is 5.42. The Labute approximate surface area is 71.6 Å². The molecule has 1 fully saturated rings. The average molecular weight is 163 g/mol. The number of aromatic nitrogens is 2. The first-order chi connectivity index (χ1) is 5.97. The Morgan fingerprint density at radius 1 is 1.42 bits per heavy atom. The Bertz CT molecular complexity index is 230. The monoisotopic (exact) mass is 163 g/mol. The minimum Gasteiger partial charge on any atom is -0.367 e. The molecule has 12 heavy (non-hydrogen) atoms. The van der Waals surface area contributed by atoms with Gasteiger partial charge in [0.05, 0.1) is 11.9 Å². The van der Waals surface area contributed by atoms with Gasteiger partial charge in [-0.15, -0.1) is 5.10 Å². The number of hydrogen-bond donors (Lipinski definition) is 1. The summed E-state index contributed by atoms with van der Waals surface area (Å²) in [5, 5.41) is 10.7. The second-order valence-corrected chi connectivity index (χ2v) is 2.77. The first-order valence-corrected chi connectivity index (χ1v) is 4.12. The molecule has 63 valence electrons. The molecule has 0 atom stereocenters.